The molecule has 6 heteroatoms. The first-order chi connectivity index (χ1) is 11.3. The summed E-state index contributed by atoms with van der Waals surface area (Å²) in [4.78, 5) is 18.1. The lowest BCUT2D eigenvalue weighted by Gasteiger charge is -2.26. The van der Waals surface area contributed by atoms with Gasteiger partial charge in [-0.05, 0) is 42.0 Å². The average molecular weight is 310 g/mol. The van der Waals surface area contributed by atoms with Gasteiger partial charge in [-0.3, -0.25) is 15.2 Å². The summed E-state index contributed by atoms with van der Waals surface area (Å²) < 4.78 is 5.26. The number of nitrogens with zero attached hydrogens (tertiary/aromatic N) is 3. The zero-order valence-electron chi connectivity index (χ0n) is 12.7. The predicted molar refractivity (Wildman–Crippen MR) is 88.6 cm³/mol. The summed E-state index contributed by atoms with van der Waals surface area (Å²) >= 11 is 0. The fourth-order valence-corrected chi connectivity index (χ4v) is 2.27. The molecule has 1 fully saturated rings. The van der Waals surface area contributed by atoms with Gasteiger partial charge in [0.25, 0.3) is 5.91 Å². The van der Waals surface area contributed by atoms with Crippen LogP contribution in [0.15, 0.2) is 53.9 Å². The standard InChI is InChI=1S/C17H18N4O2/c22-17(21-9-11-23-12-10-21)15-1-3-16(4-2-15)20-19-13-14-5-7-18-8-6-14/h1-8,13,20H,9-12H2/b19-13+. The normalized spacial score (nSPS) is 14.9. The van der Waals surface area contributed by atoms with E-state index in [0.717, 1.165) is 11.3 Å². The van der Waals surface area contributed by atoms with E-state index >= 15 is 0 Å². The Hall–Kier alpha value is -2.73. The minimum atomic E-state index is 0.0418. The van der Waals surface area contributed by atoms with Gasteiger partial charge in [0, 0.05) is 31.0 Å². The highest BCUT2D eigenvalue weighted by atomic mass is 16.5. The average Bonchev–Trinajstić information content (AvgIpc) is 2.63. The predicted octanol–water partition coefficient (Wildman–Crippen LogP) is 2.00. The molecule has 1 N–H and O–H groups in total. The fourth-order valence-electron chi connectivity index (χ4n) is 2.27. The number of hydrogen-bond acceptors (Lipinski definition) is 5. The highest BCUT2D eigenvalue weighted by molar-refractivity contribution is 5.94. The van der Waals surface area contributed by atoms with Crippen LogP contribution in [0.2, 0.25) is 0 Å². The highest BCUT2D eigenvalue weighted by Crippen LogP contribution is 2.12. The van der Waals surface area contributed by atoms with Gasteiger partial charge in [-0.25, -0.2) is 0 Å². The van der Waals surface area contributed by atoms with Gasteiger partial charge in [0.2, 0.25) is 0 Å². The Labute approximate surface area is 134 Å². The second-order valence-electron chi connectivity index (χ2n) is 5.13. The number of aromatic nitrogens is 1. The van der Waals surface area contributed by atoms with E-state index < -0.39 is 0 Å². The molecule has 1 aliphatic rings. The fraction of sp³-hybridized carbons (Fsp3) is 0.235. The minimum Gasteiger partial charge on any atom is -0.378 e. The highest BCUT2D eigenvalue weighted by Gasteiger charge is 2.18. The van der Waals surface area contributed by atoms with Crippen molar-refractivity contribution in [3.05, 3.63) is 59.9 Å². The Bertz CT molecular complexity index is 665. The molecule has 0 unspecified atom stereocenters. The van der Waals surface area contributed by atoms with Gasteiger partial charge < -0.3 is 9.64 Å². The van der Waals surface area contributed by atoms with Crippen LogP contribution in [-0.2, 0) is 4.74 Å². The number of nitrogens with one attached hydrogen (secondary N) is 1. The molecule has 0 radical (unpaired) electrons. The third-order valence-electron chi connectivity index (χ3n) is 3.54. The monoisotopic (exact) mass is 310 g/mol. The second-order valence-corrected chi connectivity index (χ2v) is 5.13. The Morgan fingerprint density at radius 2 is 1.83 bits per heavy atom. The smallest absolute Gasteiger partial charge is 0.254 e. The van der Waals surface area contributed by atoms with Crippen molar-refractivity contribution >= 4 is 17.8 Å². The van der Waals surface area contributed by atoms with E-state index in [9.17, 15) is 4.79 Å². The van der Waals surface area contributed by atoms with E-state index in [1.165, 1.54) is 0 Å². The lowest BCUT2D eigenvalue weighted by atomic mass is 10.2. The molecule has 118 valence electrons. The number of carbonyl (C=O) groups excluding carboxylic acids is 1. The Morgan fingerprint density at radius 1 is 1.13 bits per heavy atom. The maximum absolute atomic E-state index is 12.3. The van der Waals surface area contributed by atoms with E-state index in [1.807, 2.05) is 41.3 Å². The minimum absolute atomic E-state index is 0.0418. The third kappa shape index (κ3) is 4.14. The molecular formula is C17H18N4O2. The molecule has 2 heterocycles. The molecule has 1 aromatic carbocycles. The maximum Gasteiger partial charge on any atom is 0.254 e. The zero-order valence-corrected chi connectivity index (χ0v) is 12.7. The van der Waals surface area contributed by atoms with Gasteiger partial charge in [0.05, 0.1) is 25.1 Å². The van der Waals surface area contributed by atoms with Crippen LogP contribution in [-0.4, -0.2) is 48.3 Å². The first-order valence-electron chi connectivity index (χ1n) is 7.49. The molecular weight excluding hydrogens is 292 g/mol. The van der Waals surface area contributed by atoms with Gasteiger partial charge in [0.15, 0.2) is 0 Å². The first kappa shape index (κ1) is 15.2. The van der Waals surface area contributed by atoms with Crippen molar-refractivity contribution in [2.24, 2.45) is 5.10 Å². The van der Waals surface area contributed by atoms with Crippen LogP contribution in [0.1, 0.15) is 15.9 Å². The van der Waals surface area contributed by atoms with Gasteiger partial charge in [0.1, 0.15) is 0 Å². The second kappa shape index (κ2) is 7.51. The summed E-state index contributed by atoms with van der Waals surface area (Å²) in [6.07, 6.45) is 5.15. The molecule has 3 rings (SSSR count). The van der Waals surface area contributed by atoms with E-state index in [2.05, 4.69) is 15.5 Å². The third-order valence-corrected chi connectivity index (χ3v) is 3.54. The molecule has 0 saturated carbocycles. The lowest BCUT2D eigenvalue weighted by molar-refractivity contribution is 0.0303. The number of anilines is 1. The van der Waals surface area contributed by atoms with Crippen LogP contribution in [0.4, 0.5) is 5.69 Å². The summed E-state index contributed by atoms with van der Waals surface area (Å²) in [5.74, 6) is 0.0418. The van der Waals surface area contributed by atoms with Crippen LogP contribution >= 0.6 is 0 Å². The van der Waals surface area contributed by atoms with Crippen LogP contribution in [0, 0.1) is 0 Å². The van der Waals surface area contributed by atoms with Crippen molar-refractivity contribution in [2.75, 3.05) is 31.7 Å². The molecule has 1 saturated heterocycles. The number of hydrogen-bond donors (Lipinski definition) is 1. The number of benzene rings is 1. The van der Waals surface area contributed by atoms with Crippen molar-refractivity contribution < 1.29 is 9.53 Å². The summed E-state index contributed by atoms with van der Waals surface area (Å²) in [6.45, 7) is 2.51. The van der Waals surface area contributed by atoms with Gasteiger partial charge in [-0.2, -0.15) is 5.10 Å². The van der Waals surface area contributed by atoms with Gasteiger partial charge in [-0.15, -0.1) is 0 Å². The summed E-state index contributed by atoms with van der Waals surface area (Å²) in [5, 5.41) is 4.16. The molecule has 0 spiro atoms. The largest absolute Gasteiger partial charge is 0.378 e. The number of amides is 1. The van der Waals surface area contributed by atoms with Crippen molar-refractivity contribution in [2.45, 2.75) is 0 Å². The van der Waals surface area contributed by atoms with Gasteiger partial charge in [-0.1, -0.05) is 0 Å². The van der Waals surface area contributed by atoms with E-state index in [-0.39, 0.29) is 5.91 Å². The molecule has 23 heavy (non-hydrogen) atoms. The number of rotatable bonds is 4. The number of pyridine rings is 1. The SMILES string of the molecule is O=C(c1ccc(N/N=C/c2ccncc2)cc1)N1CCOCC1. The lowest BCUT2D eigenvalue weighted by Crippen LogP contribution is -2.40. The number of hydrazone groups is 1. The summed E-state index contributed by atoms with van der Waals surface area (Å²) in [6, 6.07) is 11.0. The molecule has 1 aliphatic heterocycles. The molecule has 2 aromatic rings. The first-order valence-corrected chi connectivity index (χ1v) is 7.49. The van der Waals surface area contributed by atoms with E-state index in [0.29, 0.717) is 31.9 Å². The topological polar surface area (TPSA) is 66.8 Å². The maximum atomic E-state index is 12.3. The van der Waals surface area contributed by atoms with Crippen molar-refractivity contribution in [3.8, 4) is 0 Å². The van der Waals surface area contributed by atoms with Crippen LogP contribution in [0.25, 0.3) is 0 Å². The molecule has 0 aliphatic carbocycles. The van der Waals surface area contributed by atoms with Gasteiger partial charge >= 0.3 is 0 Å². The Kier molecular flexibility index (Phi) is 4.95. The molecule has 6 nitrogen and oxygen atoms in total. The van der Waals surface area contributed by atoms with Crippen LogP contribution in [0.5, 0.6) is 0 Å². The van der Waals surface area contributed by atoms with Crippen LogP contribution < -0.4 is 5.43 Å². The Balaban J connectivity index is 1.58. The van der Waals surface area contributed by atoms with E-state index in [4.69, 9.17) is 4.74 Å². The summed E-state index contributed by atoms with van der Waals surface area (Å²) in [7, 11) is 0. The molecule has 0 atom stereocenters. The van der Waals surface area contributed by atoms with E-state index in [1.54, 1.807) is 18.6 Å². The number of carbonyl (C=O) groups is 1. The molecule has 1 amide bonds. The van der Waals surface area contributed by atoms with Crippen molar-refractivity contribution in [3.63, 3.8) is 0 Å². The quantitative estimate of drug-likeness (QED) is 0.693. The Morgan fingerprint density at radius 3 is 2.52 bits per heavy atom. The van der Waals surface area contributed by atoms with Crippen LogP contribution in [0.3, 0.4) is 0 Å². The number of ether oxygens (including phenoxy) is 1. The summed E-state index contributed by atoms with van der Waals surface area (Å²) in [5.41, 5.74) is 5.41. The van der Waals surface area contributed by atoms with Crippen molar-refractivity contribution in [1.82, 2.24) is 9.88 Å². The molecule has 0 bridgehead atoms. The zero-order chi connectivity index (χ0) is 15.9. The van der Waals surface area contributed by atoms with Crippen molar-refractivity contribution in [1.29, 1.82) is 0 Å². The molecule has 1 aromatic heterocycles. The number of morpholine rings is 1.